The van der Waals surface area contributed by atoms with E-state index in [1.54, 1.807) is 18.2 Å². The van der Waals surface area contributed by atoms with Gasteiger partial charge in [0.15, 0.2) is 5.43 Å². The van der Waals surface area contributed by atoms with Crippen LogP contribution >= 0.6 is 23.2 Å². The summed E-state index contributed by atoms with van der Waals surface area (Å²) >= 11 is 12.2. The van der Waals surface area contributed by atoms with Crippen LogP contribution < -0.4 is 5.43 Å². The molecule has 0 amide bonds. The molecule has 0 aliphatic carbocycles. The molecule has 1 aromatic heterocycles. The maximum atomic E-state index is 12.8. The fourth-order valence-corrected chi connectivity index (χ4v) is 3.13. The Hall–Kier alpha value is -2.50. The predicted octanol–water partition coefficient (Wildman–Crippen LogP) is 3.69. The molecule has 2 N–H and O–H groups in total. The highest BCUT2D eigenvalue weighted by molar-refractivity contribution is 6.42. The molecule has 0 aliphatic heterocycles. The predicted molar refractivity (Wildman–Crippen MR) is 96.8 cm³/mol. The standard InChI is InChI=1S/C18H13Cl2NO4/c19-14-3-1-2-10(17(14)20)6-11-8-21(9-16(23)24)15-5-4-12(22)7-13(15)18(11)25/h1-5,7-8,22H,6,9H2,(H,23,24). The maximum Gasteiger partial charge on any atom is 0.323 e. The number of aromatic nitrogens is 1. The van der Waals surface area contributed by atoms with Crippen molar-refractivity contribution in [2.24, 2.45) is 0 Å². The second-order valence-corrected chi connectivity index (χ2v) is 6.38. The van der Waals surface area contributed by atoms with Crippen LogP contribution in [0.15, 0.2) is 47.4 Å². The van der Waals surface area contributed by atoms with Crippen molar-refractivity contribution in [3.05, 3.63) is 74.0 Å². The Bertz CT molecular complexity index is 1040. The average Bonchev–Trinajstić information content (AvgIpc) is 2.55. The summed E-state index contributed by atoms with van der Waals surface area (Å²) in [5.41, 5.74) is 1.17. The topological polar surface area (TPSA) is 79.5 Å². The van der Waals surface area contributed by atoms with Crippen molar-refractivity contribution in [2.75, 3.05) is 0 Å². The minimum atomic E-state index is -1.04. The van der Waals surface area contributed by atoms with Gasteiger partial charge in [0.1, 0.15) is 12.3 Å². The zero-order valence-corrected chi connectivity index (χ0v) is 14.4. The number of phenols is 1. The SMILES string of the molecule is O=C(O)Cn1cc(Cc2cccc(Cl)c2Cl)c(=O)c2cc(O)ccc21. The van der Waals surface area contributed by atoms with E-state index in [4.69, 9.17) is 28.3 Å². The smallest absolute Gasteiger partial charge is 0.323 e. The molecule has 25 heavy (non-hydrogen) atoms. The molecular formula is C18H13Cl2NO4. The van der Waals surface area contributed by atoms with Crippen molar-refractivity contribution in [2.45, 2.75) is 13.0 Å². The van der Waals surface area contributed by atoms with Crippen molar-refractivity contribution < 1.29 is 15.0 Å². The maximum absolute atomic E-state index is 12.8. The summed E-state index contributed by atoms with van der Waals surface area (Å²) in [5, 5.41) is 19.8. The lowest BCUT2D eigenvalue weighted by atomic mass is 10.0. The number of hydrogen-bond acceptors (Lipinski definition) is 3. The van der Waals surface area contributed by atoms with E-state index >= 15 is 0 Å². The second kappa shape index (κ2) is 6.78. The Morgan fingerprint density at radius 3 is 2.60 bits per heavy atom. The van der Waals surface area contributed by atoms with Crippen LogP contribution in [-0.4, -0.2) is 20.7 Å². The molecule has 0 spiro atoms. The second-order valence-electron chi connectivity index (χ2n) is 5.60. The quantitative estimate of drug-likeness (QED) is 0.726. The van der Waals surface area contributed by atoms with E-state index in [9.17, 15) is 14.7 Å². The molecule has 128 valence electrons. The highest BCUT2D eigenvalue weighted by Gasteiger charge is 2.14. The summed E-state index contributed by atoms with van der Waals surface area (Å²) in [7, 11) is 0. The van der Waals surface area contributed by atoms with Crippen LogP contribution in [0.3, 0.4) is 0 Å². The number of nitrogens with zero attached hydrogens (tertiary/aromatic N) is 1. The summed E-state index contributed by atoms with van der Waals surface area (Å²) in [4.78, 5) is 23.9. The first-order valence-corrected chi connectivity index (χ1v) is 8.12. The van der Waals surface area contributed by atoms with Gasteiger partial charge in [-0.25, -0.2) is 0 Å². The van der Waals surface area contributed by atoms with Crippen LogP contribution in [0.4, 0.5) is 0 Å². The minimum absolute atomic E-state index is 0.0654. The third-order valence-corrected chi connectivity index (χ3v) is 4.71. The van der Waals surface area contributed by atoms with Crippen molar-refractivity contribution in [3.8, 4) is 5.75 Å². The van der Waals surface area contributed by atoms with Crippen LogP contribution in [0.2, 0.25) is 10.0 Å². The fraction of sp³-hybridized carbons (Fsp3) is 0.111. The number of aromatic hydroxyl groups is 1. The van der Waals surface area contributed by atoms with Crippen LogP contribution in [0.5, 0.6) is 5.75 Å². The van der Waals surface area contributed by atoms with Gasteiger partial charge >= 0.3 is 5.97 Å². The molecule has 0 aliphatic rings. The molecule has 0 unspecified atom stereocenters. The van der Waals surface area contributed by atoms with Gasteiger partial charge in [0, 0.05) is 23.6 Å². The van der Waals surface area contributed by atoms with Gasteiger partial charge in [0.25, 0.3) is 0 Å². The molecule has 2 aromatic carbocycles. The first kappa shape index (κ1) is 17.3. The minimum Gasteiger partial charge on any atom is -0.508 e. The third kappa shape index (κ3) is 3.48. The van der Waals surface area contributed by atoms with Gasteiger partial charge in [-0.3, -0.25) is 9.59 Å². The van der Waals surface area contributed by atoms with E-state index in [0.29, 0.717) is 26.7 Å². The van der Waals surface area contributed by atoms with Crippen molar-refractivity contribution in [1.82, 2.24) is 4.57 Å². The number of fused-ring (bicyclic) bond motifs is 1. The first-order chi connectivity index (χ1) is 11.9. The lowest BCUT2D eigenvalue weighted by Crippen LogP contribution is -2.18. The number of pyridine rings is 1. The van der Waals surface area contributed by atoms with Gasteiger partial charge in [-0.1, -0.05) is 35.3 Å². The summed E-state index contributed by atoms with van der Waals surface area (Å²) in [6.07, 6.45) is 1.70. The van der Waals surface area contributed by atoms with E-state index in [-0.39, 0.29) is 29.5 Å². The van der Waals surface area contributed by atoms with Gasteiger partial charge < -0.3 is 14.8 Å². The number of hydrogen-bond donors (Lipinski definition) is 2. The molecule has 3 aromatic rings. The Morgan fingerprint density at radius 1 is 1.12 bits per heavy atom. The zero-order chi connectivity index (χ0) is 18.1. The van der Waals surface area contributed by atoms with Gasteiger partial charge in [-0.05, 0) is 29.8 Å². The number of phenolic OH excluding ortho intramolecular Hbond substituents is 1. The number of carbonyl (C=O) groups is 1. The molecule has 0 atom stereocenters. The van der Waals surface area contributed by atoms with E-state index in [1.165, 1.54) is 29.0 Å². The first-order valence-electron chi connectivity index (χ1n) is 7.36. The van der Waals surface area contributed by atoms with Gasteiger partial charge in [-0.2, -0.15) is 0 Å². The van der Waals surface area contributed by atoms with Crippen molar-refractivity contribution in [3.63, 3.8) is 0 Å². The van der Waals surface area contributed by atoms with Crippen LogP contribution in [0, 0.1) is 0 Å². The lowest BCUT2D eigenvalue weighted by molar-refractivity contribution is -0.137. The number of halogens is 2. The number of rotatable bonds is 4. The molecule has 0 radical (unpaired) electrons. The van der Waals surface area contributed by atoms with E-state index in [0.717, 1.165) is 0 Å². The summed E-state index contributed by atoms with van der Waals surface area (Å²) in [6.45, 7) is -0.308. The van der Waals surface area contributed by atoms with Crippen molar-refractivity contribution >= 4 is 40.1 Å². The molecule has 1 heterocycles. The summed E-state index contributed by atoms with van der Waals surface area (Å²) in [5.74, 6) is -1.10. The zero-order valence-electron chi connectivity index (χ0n) is 12.9. The van der Waals surface area contributed by atoms with E-state index in [2.05, 4.69) is 0 Å². The fourth-order valence-electron chi connectivity index (χ4n) is 2.74. The Kier molecular flexibility index (Phi) is 4.70. The van der Waals surface area contributed by atoms with Gasteiger partial charge in [-0.15, -0.1) is 0 Å². The number of carboxylic acids is 1. The van der Waals surface area contributed by atoms with Crippen LogP contribution in [0.1, 0.15) is 11.1 Å². The summed E-state index contributed by atoms with van der Waals surface area (Å²) in [6, 6.07) is 9.39. The average molecular weight is 378 g/mol. The number of carboxylic acid groups (broad SMARTS) is 1. The third-order valence-electron chi connectivity index (χ3n) is 3.86. The number of aliphatic carboxylic acids is 1. The van der Waals surface area contributed by atoms with E-state index < -0.39 is 5.97 Å². The van der Waals surface area contributed by atoms with Crippen LogP contribution in [-0.2, 0) is 17.8 Å². The molecule has 0 fully saturated rings. The molecule has 0 saturated heterocycles. The Labute approximate surface area is 152 Å². The largest absolute Gasteiger partial charge is 0.508 e. The molecule has 7 heteroatoms. The Balaban J connectivity index is 2.20. The molecule has 5 nitrogen and oxygen atoms in total. The normalized spacial score (nSPS) is 11.0. The number of benzene rings is 2. The van der Waals surface area contributed by atoms with Crippen molar-refractivity contribution in [1.29, 1.82) is 0 Å². The molecular weight excluding hydrogens is 365 g/mol. The molecule has 3 rings (SSSR count). The van der Waals surface area contributed by atoms with E-state index in [1.807, 2.05) is 0 Å². The summed E-state index contributed by atoms with van der Waals surface area (Å²) < 4.78 is 1.46. The molecule has 0 bridgehead atoms. The highest BCUT2D eigenvalue weighted by atomic mass is 35.5. The van der Waals surface area contributed by atoms with Crippen LogP contribution in [0.25, 0.3) is 10.9 Å². The monoisotopic (exact) mass is 377 g/mol. The molecule has 0 saturated carbocycles. The lowest BCUT2D eigenvalue weighted by Gasteiger charge is -2.13. The highest BCUT2D eigenvalue weighted by Crippen LogP contribution is 2.27. The van der Waals surface area contributed by atoms with Gasteiger partial charge in [0.05, 0.1) is 15.6 Å². The van der Waals surface area contributed by atoms with Gasteiger partial charge in [0.2, 0.25) is 0 Å². The Morgan fingerprint density at radius 2 is 1.88 bits per heavy atom.